The van der Waals surface area contributed by atoms with Gasteiger partial charge in [-0.1, -0.05) is 64.4 Å². The molecule has 4 N–H and O–H groups in total. The van der Waals surface area contributed by atoms with Gasteiger partial charge in [0.1, 0.15) is 45.7 Å². The summed E-state index contributed by atoms with van der Waals surface area (Å²) in [6.07, 6.45) is -0.0741. The molecular weight excluding hydrogens is 717 g/mol. The summed E-state index contributed by atoms with van der Waals surface area (Å²) in [6, 6.07) is 5.59. The quantitative estimate of drug-likeness (QED) is 0.299. The molecule has 0 saturated heterocycles. The second-order valence-electron chi connectivity index (χ2n) is 14.1. The summed E-state index contributed by atoms with van der Waals surface area (Å²) in [5.74, 6) is -1.27. The Bertz CT molecular complexity index is 1890. The van der Waals surface area contributed by atoms with E-state index < -0.39 is 60.3 Å². The molecule has 2 aromatic heterocycles. The van der Waals surface area contributed by atoms with Crippen molar-refractivity contribution in [2.45, 2.75) is 110 Å². The van der Waals surface area contributed by atoms with Gasteiger partial charge in [-0.3, -0.25) is 19.2 Å². The molecule has 6 rings (SSSR count). The largest absolute Gasteiger partial charge is 0.474 e. The van der Waals surface area contributed by atoms with Gasteiger partial charge in [-0.2, -0.15) is 0 Å². The molecule has 1 aromatic carbocycles. The van der Waals surface area contributed by atoms with Crippen LogP contribution in [0.2, 0.25) is 0 Å². The van der Waals surface area contributed by atoms with Crippen molar-refractivity contribution in [2.24, 2.45) is 21.8 Å². The topological polar surface area (TPSA) is 185 Å². The van der Waals surface area contributed by atoms with E-state index >= 15 is 0 Å². The molecular formula is C37H46N8O6S2. The van der Waals surface area contributed by atoms with Crippen molar-refractivity contribution in [1.82, 2.24) is 31.2 Å². The summed E-state index contributed by atoms with van der Waals surface area (Å²) in [4.78, 5) is 73.3. The lowest BCUT2D eigenvalue weighted by molar-refractivity contribution is -0.125. The minimum Gasteiger partial charge on any atom is -0.474 e. The highest BCUT2D eigenvalue weighted by Gasteiger charge is 2.41. The lowest BCUT2D eigenvalue weighted by Gasteiger charge is -2.24. The van der Waals surface area contributed by atoms with Crippen molar-refractivity contribution in [3.05, 3.63) is 68.1 Å². The van der Waals surface area contributed by atoms with Crippen LogP contribution in [-0.2, 0) is 25.5 Å². The van der Waals surface area contributed by atoms with Crippen LogP contribution < -0.4 is 21.3 Å². The minimum atomic E-state index is -0.888. The molecule has 0 radical (unpaired) electrons. The molecule has 53 heavy (non-hydrogen) atoms. The minimum absolute atomic E-state index is 0.0799. The first-order valence-electron chi connectivity index (χ1n) is 18.0. The number of aliphatic imine (C=N–C) groups is 2. The maximum atomic E-state index is 14.0. The van der Waals surface area contributed by atoms with Gasteiger partial charge in [0.05, 0.1) is 12.1 Å². The number of ether oxygens (including phenoxy) is 2. The summed E-state index contributed by atoms with van der Waals surface area (Å²) in [5, 5.41) is 16.5. The van der Waals surface area contributed by atoms with E-state index in [1.54, 1.807) is 31.5 Å². The Morgan fingerprint density at radius 1 is 0.717 bits per heavy atom. The lowest BCUT2D eigenvalue weighted by atomic mass is 9.98. The molecule has 282 valence electrons. The Balaban J connectivity index is 1.37. The van der Waals surface area contributed by atoms with Crippen LogP contribution in [0.1, 0.15) is 104 Å². The lowest BCUT2D eigenvalue weighted by Crippen LogP contribution is -2.45. The number of fused-ring (bicyclic) bond motifs is 6. The van der Waals surface area contributed by atoms with E-state index in [2.05, 4.69) is 31.2 Å². The van der Waals surface area contributed by atoms with Crippen LogP contribution in [-0.4, -0.2) is 81.8 Å². The zero-order chi connectivity index (χ0) is 38.0. The zero-order valence-electron chi connectivity index (χ0n) is 30.8. The first-order chi connectivity index (χ1) is 25.3. The van der Waals surface area contributed by atoms with Gasteiger partial charge in [0, 0.05) is 10.8 Å². The fraction of sp³-hybridized carbons (Fsp3) is 0.514. The van der Waals surface area contributed by atoms with Crippen LogP contribution >= 0.6 is 22.7 Å². The van der Waals surface area contributed by atoms with E-state index in [-0.39, 0.29) is 46.8 Å². The highest BCUT2D eigenvalue weighted by molar-refractivity contribution is 7.10. The number of aromatic nitrogens is 2. The second-order valence-corrected chi connectivity index (χ2v) is 15.9. The third-order valence-corrected chi connectivity index (χ3v) is 11.7. The Labute approximate surface area is 316 Å². The van der Waals surface area contributed by atoms with Crippen LogP contribution in [0.15, 0.2) is 51.1 Å². The molecule has 9 atom stereocenters. The average Bonchev–Trinajstić information content (AvgIpc) is 3.95. The third-order valence-electron chi connectivity index (χ3n) is 9.69. The maximum Gasteiger partial charge on any atom is 0.271 e. The fourth-order valence-electron chi connectivity index (χ4n) is 6.34. The van der Waals surface area contributed by atoms with Crippen molar-refractivity contribution in [3.8, 4) is 0 Å². The number of benzene rings is 1. The predicted octanol–water partition coefficient (Wildman–Crippen LogP) is 4.16. The molecule has 0 spiro atoms. The fourth-order valence-corrected chi connectivity index (χ4v) is 8.00. The summed E-state index contributed by atoms with van der Waals surface area (Å²) in [7, 11) is 0. The van der Waals surface area contributed by atoms with E-state index in [9.17, 15) is 19.2 Å². The molecule has 1 unspecified atom stereocenters. The molecule has 3 aromatic rings. The highest BCUT2D eigenvalue weighted by atomic mass is 32.1. The van der Waals surface area contributed by atoms with Gasteiger partial charge >= 0.3 is 0 Å². The summed E-state index contributed by atoms with van der Waals surface area (Å²) < 4.78 is 12.2. The second kappa shape index (κ2) is 16.1. The van der Waals surface area contributed by atoms with E-state index in [1.165, 1.54) is 22.7 Å². The van der Waals surface area contributed by atoms with Crippen molar-refractivity contribution < 1.29 is 28.7 Å². The maximum absolute atomic E-state index is 14.0. The van der Waals surface area contributed by atoms with E-state index in [4.69, 9.17) is 19.5 Å². The number of nitrogens with one attached hydrogen (secondary N) is 4. The van der Waals surface area contributed by atoms with Gasteiger partial charge in [-0.15, -0.1) is 22.7 Å². The molecule has 0 saturated carbocycles. The van der Waals surface area contributed by atoms with Crippen LogP contribution in [0.5, 0.6) is 0 Å². The Hall–Kier alpha value is -4.70. The van der Waals surface area contributed by atoms with E-state index in [0.29, 0.717) is 22.9 Å². The summed E-state index contributed by atoms with van der Waals surface area (Å²) in [6.45, 7) is 13.1. The molecule has 3 aliphatic rings. The monoisotopic (exact) mass is 762 g/mol. The van der Waals surface area contributed by atoms with E-state index in [1.807, 2.05) is 58.0 Å². The molecule has 4 amide bonds. The number of nitrogens with zero attached hydrogens (tertiary/aromatic N) is 4. The first-order valence-corrected chi connectivity index (χ1v) is 19.7. The molecule has 14 nitrogen and oxygen atoms in total. The van der Waals surface area contributed by atoms with Crippen LogP contribution in [0.4, 0.5) is 0 Å². The molecule has 8 bridgehead atoms. The third kappa shape index (κ3) is 8.43. The molecule has 3 aliphatic heterocycles. The van der Waals surface area contributed by atoms with Gasteiger partial charge in [0.15, 0.2) is 12.1 Å². The standard InChI is InChI=1S/C37H46N8O6S2/c1-8-18(4)27-35-45-29(21(7)51-35)33(49)39-23(14-22-12-10-9-11-13-22)37-41-25(16-53-37)30(46)42-26(17(2)3)34-44-28(20(6)50-34)32(48)38-19(5)36-40-24(15-52-36)31(47)43-27/h9-13,15-21,23,26-29H,8,14H2,1-7H3,(H,38,48)(H,39,49)(H,42,46)(H,43,47)/t18?,19-,20-,21-,23-,26+,27+,28+,29+/m1/s1. The normalized spacial score (nSPS) is 28.7. The molecule has 0 fully saturated rings. The van der Waals surface area contributed by atoms with Crippen molar-refractivity contribution in [1.29, 1.82) is 0 Å². The Morgan fingerprint density at radius 2 is 1.25 bits per heavy atom. The number of rotatable bonds is 5. The van der Waals surface area contributed by atoms with E-state index in [0.717, 1.165) is 5.56 Å². The van der Waals surface area contributed by atoms with Gasteiger partial charge < -0.3 is 30.7 Å². The summed E-state index contributed by atoms with van der Waals surface area (Å²) in [5.41, 5.74) is 1.34. The van der Waals surface area contributed by atoms with Crippen LogP contribution in [0.25, 0.3) is 0 Å². The smallest absolute Gasteiger partial charge is 0.271 e. The van der Waals surface area contributed by atoms with Crippen LogP contribution in [0.3, 0.4) is 0 Å². The van der Waals surface area contributed by atoms with Gasteiger partial charge in [-0.05, 0) is 44.6 Å². The van der Waals surface area contributed by atoms with Gasteiger partial charge in [0.2, 0.25) is 23.6 Å². The highest BCUT2D eigenvalue weighted by Crippen LogP contribution is 2.27. The average molecular weight is 763 g/mol. The van der Waals surface area contributed by atoms with Gasteiger partial charge in [0.25, 0.3) is 11.8 Å². The Kier molecular flexibility index (Phi) is 11.6. The number of carbonyl (C=O) groups excluding carboxylic acids is 4. The van der Waals surface area contributed by atoms with Crippen LogP contribution in [0, 0.1) is 11.8 Å². The van der Waals surface area contributed by atoms with Crippen molar-refractivity contribution in [3.63, 3.8) is 0 Å². The number of amides is 4. The number of carbonyl (C=O) groups is 4. The van der Waals surface area contributed by atoms with Crippen molar-refractivity contribution >= 4 is 58.1 Å². The molecule has 0 aliphatic carbocycles. The van der Waals surface area contributed by atoms with Crippen molar-refractivity contribution in [2.75, 3.05) is 0 Å². The number of thiazole rings is 2. The predicted molar refractivity (Wildman–Crippen MR) is 202 cm³/mol. The Morgan fingerprint density at radius 3 is 1.83 bits per heavy atom. The van der Waals surface area contributed by atoms with Gasteiger partial charge in [-0.25, -0.2) is 20.0 Å². The first kappa shape index (κ1) is 38.0. The summed E-state index contributed by atoms with van der Waals surface area (Å²) >= 11 is 2.52. The SMILES string of the molecule is CCC(C)[C@@H]1NC(=O)c2csc(n2)[C@@H](C)NC(=O)[C@H]2N=C(O[C@@H]2C)[C@H](C(C)C)NC(=O)c2csc(n2)[C@@H](Cc2ccccc2)NC(=O)[C@H]2N=C1O[C@@H]2C. The number of hydrogen-bond donors (Lipinski definition) is 4. The molecule has 5 heterocycles. The zero-order valence-corrected chi connectivity index (χ0v) is 32.4. The number of hydrogen-bond acceptors (Lipinski definition) is 12. The molecule has 16 heteroatoms.